The van der Waals surface area contributed by atoms with Crippen molar-refractivity contribution in [1.82, 2.24) is 9.97 Å². The van der Waals surface area contributed by atoms with Gasteiger partial charge in [0, 0.05) is 29.5 Å². The van der Waals surface area contributed by atoms with Gasteiger partial charge in [-0.25, -0.2) is 14.6 Å². The number of halogens is 1. The highest BCUT2D eigenvalue weighted by atomic mass is 35.5. The smallest absolute Gasteiger partial charge is 0.412 e. The number of aromatic nitrogens is 2. The lowest BCUT2D eigenvalue weighted by molar-refractivity contribution is -0.116. The number of benzene rings is 3. The summed E-state index contributed by atoms with van der Waals surface area (Å²) in [5, 5.41) is 17.6. The Hall–Kier alpha value is -5.36. The molecule has 4 aromatic rings. The second kappa shape index (κ2) is 14.9. The molecule has 4 N–H and O–H groups in total. The van der Waals surface area contributed by atoms with Crippen LogP contribution in [-0.4, -0.2) is 45.3 Å². The van der Waals surface area contributed by atoms with Gasteiger partial charge >= 0.3 is 12.1 Å². The molecule has 0 radical (unpaired) electrons. The maximum absolute atomic E-state index is 12.2. The number of hydrogen-bond acceptors (Lipinski definition) is 9. The van der Waals surface area contributed by atoms with Gasteiger partial charge < -0.3 is 30.0 Å². The number of amides is 2. The molecule has 3 aromatic carbocycles. The molecule has 13 heteroatoms. The Morgan fingerprint density at radius 3 is 2.29 bits per heavy atom. The Bertz CT molecular complexity index is 1640. The highest BCUT2D eigenvalue weighted by Gasteiger charge is 2.17. The second-order valence-corrected chi connectivity index (χ2v) is 11.0. The molecule has 0 aliphatic heterocycles. The molecular formula is C32H32ClN5O7. The first kappa shape index (κ1) is 32.6. The Kier molecular flexibility index (Phi) is 10.8. The molecule has 234 valence electrons. The average molecular weight is 634 g/mol. The summed E-state index contributed by atoms with van der Waals surface area (Å²) >= 11 is 6.27. The van der Waals surface area contributed by atoms with Crippen molar-refractivity contribution in [1.29, 1.82) is 0 Å². The minimum Gasteiger partial charge on any atom is -0.494 e. The van der Waals surface area contributed by atoms with Crippen molar-refractivity contribution in [3.63, 3.8) is 0 Å². The zero-order valence-corrected chi connectivity index (χ0v) is 25.6. The molecule has 45 heavy (non-hydrogen) atoms. The van der Waals surface area contributed by atoms with Gasteiger partial charge in [-0.1, -0.05) is 17.7 Å². The van der Waals surface area contributed by atoms with Crippen molar-refractivity contribution in [2.24, 2.45) is 0 Å². The molecule has 4 rings (SSSR count). The number of carboxylic acids is 1. The monoisotopic (exact) mass is 633 g/mol. The van der Waals surface area contributed by atoms with Crippen LogP contribution in [0.15, 0.2) is 79.0 Å². The van der Waals surface area contributed by atoms with E-state index in [0.717, 1.165) is 0 Å². The first-order valence-electron chi connectivity index (χ1n) is 13.9. The predicted octanol–water partition coefficient (Wildman–Crippen LogP) is 7.51. The largest absolute Gasteiger partial charge is 0.494 e. The fourth-order valence-corrected chi connectivity index (χ4v) is 3.89. The molecule has 0 bridgehead atoms. The number of carboxylic acid groups (broad SMARTS) is 1. The van der Waals surface area contributed by atoms with E-state index in [0.29, 0.717) is 41.6 Å². The van der Waals surface area contributed by atoms with Crippen LogP contribution in [-0.2, 0) is 9.53 Å². The summed E-state index contributed by atoms with van der Waals surface area (Å²) in [5.74, 6) is 0.147. The second-order valence-electron chi connectivity index (χ2n) is 10.6. The summed E-state index contributed by atoms with van der Waals surface area (Å²) in [6.45, 7) is 5.66. The average Bonchev–Trinajstić information content (AvgIpc) is 2.97. The maximum Gasteiger partial charge on any atom is 0.412 e. The molecule has 1 heterocycles. The van der Waals surface area contributed by atoms with Crippen LogP contribution < -0.4 is 25.4 Å². The van der Waals surface area contributed by atoms with Crippen molar-refractivity contribution in [3.8, 4) is 17.4 Å². The zero-order valence-electron chi connectivity index (χ0n) is 24.8. The van der Waals surface area contributed by atoms with E-state index in [4.69, 9.17) is 30.9 Å². The third kappa shape index (κ3) is 10.7. The van der Waals surface area contributed by atoms with Gasteiger partial charge in [0.25, 0.3) is 0 Å². The Morgan fingerprint density at radius 1 is 0.889 bits per heavy atom. The lowest BCUT2D eigenvalue weighted by atomic mass is 10.2. The van der Waals surface area contributed by atoms with E-state index in [-0.39, 0.29) is 34.7 Å². The number of nitrogens with zero attached hydrogens (tertiary/aromatic N) is 2. The van der Waals surface area contributed by atoms with E-state index in [1.807, 2.05) is 0 Å². The Balaban J connectivity index is 1.25. The van der Waals surface area contributed by atoms with Crippen LogP contribution in [0.2, 0.25) is 5.02 Å². The van der Waals surface area contributed by atoms with Gasteiger partial charge in [0.2, 0.25) is 17.7 Å². The molecule has 0 unspecified atom stereocenters. The lowest BCUT2D eigenvalue weighted by Gasteiger charge is -2.19. The van der Waals surface area contributed by atoms with Crippen LogP contribution >= 0.6 is 11.6 Å². The number of aromatic carboxylic acids is 1. The molecule has 0 saturated carbocycles. The van der Waals surface area contributed by atoms with Gasteiger partial charge in [0.05, 0.1) is 18.4 Å². The highest BCUT2D eigenvalue weighted by Crippen LogP contribution is 2.30. The van der Waals surface area contributed by atoms with Crippen LogP contribution in [0, 0.1) is 0 Å². The highest BCUT2D eigenvalue weighted by molar-refractivity contribution is 6.31. The number of anilines is 4. The molecule has 0 spiro atoms. The SMILES string of the molecule is CC(C)(C)OC(=O)Nc1cccc(Oc2nc(Nc3ccc(OCCCC(=O)Nc4ccc(C(=O)O)cc4)cc3)ncc2Cl)c1. The molecule has 0 atom stereocenters. The summed E-state index contributed by atoms with van der Waals surface area (Å²) < 4.78 is 16.9. The molecule has 12 nitrogen and oxygen atoms in total. The Morgan fingerprint density at radius 2 is 1.60 bits per heavy atom. The van der Waals surface area contributed by atoms with Crippen molar-refractivity contribution in [2.45, 2.75) is 39.2 Å². The maximum atomic E-state index is 12.2. The van der Waals surface area contributed by atoms with Crippen molar-refractivity contribution < 1.29 is 33.7 Å². The van der Waals surface area contributed by atoms with Crippen LogP contribution in [0.4, 0.5) is 27.8 Å². The van der Waals surface area contributed by atoms with Crippen LogP contribution in [0.25, 0.3) is 0 Å². The fraction of sp³-hybridized carbons (Fsp3) is 0.219. The summed E-state index contributed by atoms with van der Waals surface area (Å²) in [4.78, 5) is 43.8. The molecule has 0 aliphatic carbocycles. The first-order valence-corrected chi connectivity index (χ1v) is 14.2. The molecule has 2 amide bonds. The minimum atomic E-state index is -1.03. The summed E-state index contributed by atoms with van der Waals surface area (Å²) in [6, 6.07) is 19.8. The molecule has 0 fully saturated rings. The van der Waals surface area contributed by atoms with E-state index in [9.17, 15) is 14.4 Å². The molecule has 0 saturated heterocycles. The molecule has 1 aromatic heterocycles. The van der Waals surface area contributed by atoms with Crippen LogP contribution in [0.5, 0.6) is 17.4 Å². The summed E-state index contributed by atoms with van der Waals surface area (Å²) in [7, 11) is 0. The summed E-state index contributed by atoms with van der Waals surface area (Å²) in [5.41, 5.74) is 1.20. The Labute approximate surface area is 264 Å². The van der Waals surface area contributed by atoms with Gasteiger partial charge in [-0.15, -0.1) is 0 Å². The van der Waals surface area contributed by atoms with E-state index >= 15 is 0 Å². The topological polar surface area (TPSA) is 161 Å². The van der Waals surface area contributed by atoms with Gasteiger partial charge in [-0.05, 0) is 87.9 Å². The van der Waals surface area contributed by atoms with Gasteiger partial charge in [0.1, 0.15) is 22.1 Å². The lowest BCUT2D eigenvalue weighted by Crippen LogP contribution is -2.27. The van der Waals surface area contributed by atoms with E-state index < -0.39 is 17.7 Å². The van der Waals surface area contributed by atoms with Gasteiger partial charge in [-0.2, -0.15) is 4.98 Å². The first-order chi connectivity index (χ1) is 21.4. The fourth-order valence-electron chi connectivity index (χ4n) is 3.76. The molecule has 0 aliphatic rings. The number of hydrogen-bond donors (Lipinski definition) is 4. The third-order valence-electron chi connectivity index (χ3n) is 5.75. The third-order valence-corrected chi connectivity index (χ3v) is 6.01. The quantitative estimate of drug-likeness (QED) is 0.115. The number of nitrogens with one attached hydrogen (secondary N) is 3. The van der Waals surface area contributed by atoms with E-state index in [1.54, 1.807) is 81.4 Å². The van der Waals surface area contributed by atoms with Crippen molar-refractivity contribution >= 4 is 52.6 Å². The van der Waals surface area contributed by atoms with Crippen LogP contribution in [0.3, 0.4) is 0 Å². The van der Waals surface area contributed by atoms with E-state index in [2.05, 4.69) is 25.9 Å². The van der Waals surface area contributed by atoms with Crippen LogP contribution in [0.1, 0.15) is 44.0 Å². The normalized spacial score (nSPS) is 10.8. The number of rotatable bonds is 12. The molecular weight excluding hydrogens is 602 g/mol. The zero-order chi connectivity index (χ0) is 32.4. The van der Waals surface area contributed by atoms with Crippen molar-refractivity contribution in [3.05, 3.63) is 89.6 Å². The number of ether oxygens (including phenoxy) is 3. The minimum absolute atomic E-state index is 0.116. The summed E-state index contributed by atoms with van der Waals surface area (Å²) in [6.07, 6.45) is 1.55. The number of carbonyl (C=O) groups is 3. The van der Waals surface area contributed by atoms with Gasteiger partial charge in [-0.3, -0.25) is 10.1 Å². The van der Waals surface area contributed by atoms with E-state index in [1.165, 1.54) is 18.3 Å². The van der Waals surface area contributed by atoms with Gasteiger partial charge in [0.15, 0.2) is 0 Å². The number of carbonyl (C=O) groups excluding carboxylic acids is 2. The van der Waals surface area contributed by atoms with Crippen molar-refractivity contribution in [2.75, 3.05) is 22.6 Å². The predicted molar refractivity (Wildman–Crippen MR) is 170 cm³/mol. The standard InChI is InChI=1S/C32H32ClN5O7/c1-32(2,3)45-31(42)37-23-6-4-7-25(18-23)44-28-26(33)19-34-30(38-28)36-22-13-15-24(16-14-22)43-17-5-8-27(39)35-21-11-9-20(10-12-21)29(40)41/h4,6-7,9-16,18-19H,5,8,17H2,1-3H3,(H,35,39)(H,37,42)(H,40,41)(H,34,36,38).